The number of ether oxygens (including phenoxy) is 2. The van der Waals surface area contributed by atoms with Crippen molar-refractivity contribution in [1.29, 1.82) is 0 Å². The van der Waals surface area contributed by atoms with Gasteiger partial charge in [-0.3, -0.25) is 9.59 Å². The first kappa shape index (κ1) is 18.6. The van der Waals surface area contributed by atoms with Gasteiger partial charge in [-0.15, -0.1) is 0 Å². The van der Waals surface area contributed by atoms with Crippen LogP contribution < -0.4 is 0 Å². The van der Waals surface area contributed by atoms with E-state index in [1.165, 1.54) is 0 Å². The minimum atomic E-state index is -0.884. The summed E-state index contributed by atoms with van der Waals surface area (Å²) in [7, 11) is 3.99. The third-order valence-corrected chi connectivity index (χ3v) is 2.79. The lowest BCUT2D eigenvalue weighted by atomic mass is 9.93. The molecule has 5 heteroatoms. The SMILES string of the molecule is CCOC(=O)C(C(=O)OCC)C(C)/C=C/CCN(C)C. The van der Waals surface area contributed by atoms with Crippen molar-refractivity contribution in [3.8, 4) is 0 Å². The number of allylic oxidation sites excluding steroid dienone is 1. The van der Waals surface area contributed by atoms with Gasteiger partial charge in [0.1, 0.15) is 0 Å². The van der Waals surface area contributed by atoms with Crippen molar-refractivity contribution in [1.82, 2.24) is 4.90 Å². The summed E-state index contributed by atoms with van der Waals surface area (Å²) in [6.07, 6.45) is 4.73. The number of esters is 2. The summed E-state index contributed by atoms with van der Waals surface area (Å²) in [5, 5.41) is 0. The van der Waals surface area contributed by atoms with Crippen LogP contribution in [0.5, 0.6) is 0 Å². The number of hydrogen-bond donors (Lipinski definition) is 0. The Morgan fingerprint density at radius 3 is 2.00 bits per heavy atom. The molecule has 0 saturated carbocycles. The largest absolute Gasteiger partial charge is 0.465 e. The van der Waals surface area contributed by atoms with E-state index in [2.05, 4.69) is 4.90 Å². The predicted molar refractivity (Wildman–Crippen MR) is 78.2 cm³/mol. The molecule has 0 bridgehead atoms. The first-order valence-corrected chi connectivity index (χ1v) is 7.08. The lowest BCUT2D eigenvalue weighted by Crippen LogP contribution is -2.32. The Balaban J connectivity index is 4.66. The second-order valence-corrected chi connectivity index (χ2v) is 4.86. The summed E-state index contributed by atoms with van der Waals surface area (Å²) in [5.74, 6) is -2.16. The van der Waals surface area contributed by atoms with Crippen LogP contribution in [0, 0.1) is 11.8 Å². The fourth-order valence-electron chi connectivity index (χ4n) is 1.74. The van der Waals surface area contributed by atoms with Crippen molar-refractivity contribution in [2.45, 2.75) is 27.2 Å². The second kappa shape index (κ2) is 10.4. The highest BCUT2D eigenvalue weighted by atomic mass is 16.6. The number of carbonyl (C=O) groups excluding carboxylic acids is 2. The molecule has 0 aliphatic rings. The van der Waals surface area contributed by atoms with Crippen LogP contribution in [-0.4, -0.2) is 50.7 Å². The number of carbonyl (C=O) groups is 2. The van der Waals surface area contributed by atoms with Crippen LogP contribution >= 0.6 is 0 Å². The lowest BCUT2D eigenvalue weighted by Gasteiger charge is -2.18. The minimum absolute atomic E-state index is 0.240. The molecular weight excluding hydrogens is 258 g/mol. The van der Waals surface area contributed by atoms with E-state index in [1.54, 1.807) is 13.8 Å². The van der Waals surface area contributed by atoms with Crippen LogP contribution in [0.3, 0.4) is 0 Å². The Kier molecular flexibility index (Phi) is 9.72. The average molecular weight is 285 g/mol. The average Bonchev–Trinajstić information content (AvgIpc) is 2.35. The van der Waals surface area contributed by atoms with E-state index in [0.29, 0.717) is 0 Å². The maximum absolute atomic E-state index is 11.9. The smallest absolute Gasteiger partial charge is 0.320 e. The summed E-state index contributed by atoms with van der Waals surface area (Å²) in [4.78, 5) is 25.8. The van der Waals surface area contributed by atoms with Crippen LogP contribution in [0.2, 0.25) is 0 Å². The molecule has 5 nitrogen and oxygen atoms in total. The molecule has 0 saturated heterocycles. The van der Waals surface area contributed by atoms with Gasteiger partial charge in [0.15, 0.2) is 5.92 Å². The van der Waals surface area contributed by atoms with E-state index in [-0.39, 0.29) is 19.1 Å². The highest BCUT2D eigenvalue weighted by Gasteiger charge is 2.33. The van der Waals surface area contributed by atoms with Crippen molar-refractivity contribution in [3.63, 3.8) is 0 Å². The molecule has 0 aliphatic heterocycles. The monoisotopic (exact) mass is 285 g/mol. The normalized spacial score (nSPS) is 12.9. The minimum Gasteiger partial charge on any atom is -0.465 e. The van der Waals surface area contributed by atoms with Gasteiger partial charge in [0.25, 0.3) is 0 Å². The molecule has 116 valence electrons. The Morgan fingerprint density at radius 2 is 1.60 bits per heavy atom. The molecule has 1 atom stereocenters. The quantitative estimate of drug-likeness (QED) is 0.368. The zero-order valence-corrected chi connectivity index (χ0v) is 13.2. The lowest BCUT2D eigenvalue weighted by molar-refractivity contribution is -0.163. The van der Waals surface area contributed by atoms with E-state index in [4.69, 9.17) is 9.47 Å². The third kappa shape index (κ3) is 7.28. The topological polar surface area (TPSA) is 55.8 Å². The number of nitrogens with zero attached hydrogens (tertiary/aromatic N) is 1. The molecule has 0 aromatic rings. The maximum atomic E-state index is 11.9. The first-order chi connectivity index (χ1) is 9.43. The van der Waals surface area contributed by atoms with Gasteiger partial charge in [-0.05, 0) is 40.3 Å². The zero-order chi connectivity index (χ0) is 15.5. The van der Waals surface area contributed by atoms with Gasteiger partial charge in [-0.25, -0.2) is 0 Å². The molecule has 0 fully saturated rings. The van der Waals surface area contributed by atoms with E-state index in [1.807, 2.05) is 33.2 Å². The second-order valence-electron chi connectivity index (χ2n) is 4.86. The molecule has 0 amide bonds. The fraction of sp³-hybridized carbons (Fsp3) is 0.733. The van der Waals surface area contributed by atoms with Crippen molar-refractivity contribution in [2.75, 3.05) is 33.9 Å². The Hall–Kier alpha value is -1.36. The summed E-state index contributed by atoms with van der Waals surface area (Å²) in [5.41, 5.74) is 0. The van der Waals surface area contributed by atoms with Crippen LogP contribution in [-0.2, 0) is 19.1 Å². The number of rotatable bonds is 9. The molecule has 0 aromatic heterocycles. The van der Waals surface area contributed by atoms with E-state index < -0.39 is 17.9 Å². The van der Waals surface area contributed by atoms with Gasteiger partial charge in [0.05, 0.1) is 13.2 Å². The molecule has 0 aliphatic carbocycles. The van der Waals surface area contributed by atoms with Gasteiger partial charge >= 0.3 is 11.9 Å². The standard InChI is InChI=1S/C15H27NO4/c1-6-19-14(17)13(15(18)20-7-2)12(3)10-8-9-11-16(4)5/h8,10,12-13H,6-7,9,11H2,1-5H3/b10-8+. The van der Waals surface area contributed by atoms with Gasteiger partial charge in [-0.1, -0.05) is 19.1 Å². The molecular formula is C15H27NO4. The van der Waals surface area contributed by atoms with Crippen molar-refractivity contribution in [3.05, 3.63) is 12.2 Å². The van der Waals surface area contributed by atoms with Crippen LogP contribution in [0.15, 0.2) is 12.2 Å². The molecule has 0 rings (SSSR count). The van der Waals surface area contributed by atoms with Crippen molar-refractivity contribution >= 4 is 11.9 Å². The summed E-state index contributed by atoms with van der Waals surface area (Å²) >= 11 is 0. The van der Waals surface area contributed by atoms with E-state index in [0.717, 1.165) is 13.0 Å². The maximum Gasteiger partial charge on any atom is 0.320 e. The Bertz CT molecular complexity index is 308. The Labute approximate surface area is 121 Å². The van der Waals surface area contributed by atoms with E-state index >= 15 is 0 Å². The molecule has 20 heavy (non-hydrogen) atoms. The molecule has 0 radical (unpaired) electrons. The fourth-order valence-corrected chi connectivity index (χ4v) is 1.74. The first-order valence-electron chi connectivity index (χ1n) is 7.08. The predicted octanol–water partition coefficient (Wildman–Crippen LogP) is 1.87. The summed E-state index contributed by atoms with van der Waals surface area (Å²) in [6, 6.07) is 0. The highest BCUT2D eigenvalue weighted by Crippen LogP contribution is 2.17. The van der Waals surface area contributed by atoms with Crippen LogP contribution in [0.4, 0.5) is 0 Å². The van der Waals surface area contributed by atoms with Gasteiger partial charge in [0.2, 0.25) is 0 Å². The van der Waals surface area contributed by atoms with Crippen LogP contribution in [0.1, 0.15) is 27.2 Å². The Morgan fingerprint density at radius 1 is 1.10 bits per heavy atom. The third-order valence-electron chi connectivity index (χ3n) is 2.79. The van der Waals surface area contributed by atoms with Gasteiger partial charge in [-0.2, -0.15) is 0 Å². The summed E-state index contributed by atoms with van der Waals surface area (Å²) in [6.45, 7) is 6.70. The van der Waals surface area contributed by atoms with E-state index in [9.17, 15) is 9.59 Å². The summed E-state index contributed by atoms with van der Waals surface area (Å²) < 4.78 is 9.91. The molecule has 0 heterocycles. The molecule has 0 N–H and O–H groups in total. The van der Waals surface area contributed by atoms with Crippen molar-refractivity contribution < 1.29 is 19.1 Å². The van der Waals surface area contributed by atoms with Crippen molar-refractivity contribution in [2.24, 2.45) is 11.8 Å². The van der Waals surface area contributed by atoms with Crippen LogP contribution in [0.25, 0.3) is 0 Å². The van der Waals surface area contributed by atoms with Gasteiger partial charge in [0, 0.05) is 6.54 Å². The molecule has 0 aromatic carbocycles. The highest BCUT2D eigenvalue weighted by molar-refractivity contribution is 5.95. The zero-order valence-electron chi connectivity index (χ0n) is 13.2. The van der Waals surface area contributed by atoms with Gasteiger partial charge < -0.3 is 14.4 Å². The molecule has 1 unspecified atom stereocenters. The number of hydrogen-bond acceptors (Lipinski definition) is 5. The molecule has 0 spiro atoms.